The molecule has 0 radical (unpaired) electrons. The summed E-state index contributed by atoms with van der Waals surface area (Å²) in [6.45, 7) is 0. The Morgan fingerprint density at radius 2 is 1.84 bits per heavy atom. The van der Waals surface area contributed by atoms with Crippen LogP contribution in [0.5, 0.6) is 0 Å². The first-order valence-corrected chi connectivity index (χ1v) is 6.26. The number of nitrogens with one attached hydrogen (secondary N) is 1. The molecule has 1 atom stereocenters. The minimum atomic E-state index is -1.48. The van der Waals surface area contributed by atoms with Crippen molar-refractivity contribution in [3.05, 3.63) is 63.6 Å². The highest BCUT2D eigenvalue weighted by Crippen LogP contribution is 2.26. The van der Waals surface area contributed by atoms with Crippen molar-refractivity contribution in [2.75, 3.05) is 7.05 Å². The van der Waals surface area contributed by atoms with Gasteiger partial charge in [0, 0.05) is 16.2 Å². The van der Waals surface area contributed by atoms with Gasteiger partial charge in [-0.05, 0) is 41.2 Å². The van der Waals surface area contributed by atoms with Gasteiger partial charge in [0.05, 0.1) is 11.7 Å². The minimum Gasteiger partial charge on any atom is -0.308 e. The first-order chi connectivity index (χ1) is 9.04. The van der Waals surface area contributed by atoms with Gasteiger partial charge in [-0.15, -0.1) is 0 Å². The molecule has 1 aromatic heterocycles. The topological polar surface area (TPSA) is 24.9 Å². The summed E-state index contributed by atoms with van der Waals surface area (Å²) < 4.78 is 40.7. The van der Waals surface area contributed by atoms with Gasteiger partial charge in [-0.2, -0.15) is 0 Å². The molecule has 2 rings (SSSR count). The van der Waals surface area contributed by atoms with Crippen molar-refractivity contribution < 1.29 is 13.2 Å². The predicted molar refractivity (Wildman–Crippen MR) is 69.2 cm³/mol. The van der Waals surface area contributed by atoms with Gasteiger partial charge < -0.3 is 5.32 Å². The molecule has 1 unspecified atom stereocenters. The van der Waals surface area contributed by atoms with Crippen LogP contribution in [-0.4, -0.2) is 12.0 Å². The second kappa shape index (κ2) is 5.71. The largest absolute Gasteiger partial charge is 0.308 e. The van der Waals surface area contributed by atoms with Crippen molar-refractivity contribution in [1.82, 2.24) is 10.3 Å². The number of hydrogen-bond donors (Lipinski definition) is 1. The first kappa shape index (κ1) is 14.0. The van der Waals surface area contributed by atoms with Crippen molar-refractivity contribution in [2.24, 2.45) is 0 Å². The van der Waals surface area contributed by atoms with Crippen LogP contribution in [0, 0.1) is 17.5 Å². The lowest BCUT2D eigenvalue weighted by molar-refractivity contribution is 0.434. The van der Waals surface area contributed by atoms with E-state index in [-0.39, 0.29) is 5.56 Å². The Morgan fingerprint density at radius 3 is 2.42 bits per heavy atom. The van der Waals surface area contributed by atoms with Gasteiger partial charge in [0.15, 0.2) is 17.5 Å². The van der Waals surface area contributed by atoms with Gasteiger partial charge in [-0.25, -0.2) is 13.2 Å². The van der Waals surface area contributed by atoms with Gasteiger partial charge in [-0.3, -0.25) is 4.98 Å². The standard InChI is InChI=1S/C13H10BrF3N2/c1-18-13(10-5-2-7(14)6-19-10)8-3-4-9(15)12(17)11(8)16/h2-6,13,18H,1H3. The molecule has 0 spiro atoms. The van der Waals surface area contributed by atoms with Gasteiger partial charge in [0.25, 0.3) is 0 Å². The molecule has 100 valence electrons. The normalized spacial score (nSPS) is 12.5. The molecule has 0 aliphatic heterocycles. The SMILES string of the molecule is CNC(c1ccc(Br)cn1)c1ccc(F)c(F)c1F. The van der Waals surface area contributed by atoms with Crippen LogP contribution < -0.4 is 5.32 Å². The molecule has 0 saturated carbocycles. The zero-order valence-corrected chi connectivity index (χ0v) is 11.5. The highest BCUT2D eigenvalue weighted by Gasteiger charge is 2.21. The summed E-state index contributed by atoms with van der Waals surface area (Å²) in [4.78, 5) is 4.13. The summed E-state index contributed by atoms with van der Waals surface area (Å²) >= 11 is 3.24. The zero-order chi connectivity index (χ0) is 14.0. The van der Waals surface area contributed by atoms with Crippen LogP contribution >= 0.6 is 15.9 Å². The van der Waals surface area contributed by atoms with E-state index >= 15 is 0 Å². The quantitative estimate of drug-likeness (QED) is 0.870. The van der Waals surface area contributed by atoms with E-state index in [4.69, 9.17) is 0 Å². The summed E-state index contributed by atoms with van der Waals surface area (Å²) in [5.74, 6) is -3.89. The Bertz CT molecular complexity index is 587. The number of benzene rings is 1. The average molecular weight is 331 g/mol. The molecule has 1 aromatic carbocycles. The lowest BCUT2D eigenvalue weighted by Gasteiger charge is -2.17. The van der Waals surface area contributed by atoms with E-state index in [0.717, 1.165) is 10.5 Å². The fourth-order valence-corrected chi connectivity index (χ4v) is 2.02. The van der Waals surface area contributed by atoms with Gasteiger partial charge >= 0.3 is 0 Å². The molecule has 0 amide bonds. The molecule has 0 aliphatic carbocycles. The maximum atomic E-state index is 13.8. The lowest BCUT2D eigenvalue weighted by atomic mass is 10.0. The average Bonchev–Trinajstić information content (AvgIpc) is 2.41. The lowest BCUT2D eigenvalue weighted by Crippen LogP contribution is -2.20. The Kier molecular flexibility index (Phi) is 4.21. The Labute approximate surface area is 116 Å². The highest BCUT2D eigenvalue weighted by atomic mass is 79.9. The molecule has 0 saturated heterocycles. The van der Waals surface area contributed by atoms with Crippen LogP contribution in [0.4, 0.5) is 13.2 Å². The summed E-state index contributed by atoms with van der Waals surface area (Å²) in [6.07, 6.45) is 1.55. The number of halogens is 4. The second-order valence-electron chi connectivity index (χ2n) is 3.89. The number of hydrogen-bond acceptors (Lipinski definition) is 2. The smallest absolute Gasteiger partial charge is 0.194 e. The second-order valence-corrected chi connectivity index (χ2v) is 4.80. The summed E-state index contributed by atoms with van der Waals surface area (Å²) in [7, 11) is 1.59. The Hall–Kier alpha value is -1.40. The van der Waals surface area contributed by atoms with Crippen molar-refractivity contribution in [2.45, 2.75) is 6.04 Å². The first-order valence-electron chi connectivity index (χ1n) is 5.46. The van der Waals surface area contributed by atoms with Crippen LogP contribution in [0.2, 0.25) is 0 Å². The third-order valence-electron chi connectivity index (χ3n) is 2.71. The third-order valence-corrected chi connectivity index (χ3v) is 3.18. The predicted octanol–water partition coefficient (Wildman–Crippen LogP) is 3.57. The van der Waals surface area contributed by atoms with Crippen molar-refractivity contribution in [3.8, 4) is 0 Å². The zero-order valence-electron chi connectivity index (χ0n) is 9.92. The molecular weight excluding hydrogens is 321 g/mol. The Balaban J connectivity index is 2.48. The third kappa shape index (κ3) is 2.79. The van der Waals surface area contributed by atoms with E-state index in [1.807, 2.05) is 0 Å². The molecule has 1 N–H and O–H groups in total. The monoisotopic (exact) mass is 330 g/mol. The van der Waals surface area contributed by atoms with E-state index in [1.165, 1.54) is 6.07 Å². The molecule has 19 heavy (non-hydrogen) atoms. The van der Waals surface area contributed by atoms with Crippen LogP contribution in [0.1, 0.15) is 17.3 Å². The molecule has 0 aliphatic rings. The summed E-state index contributed by atoms with van der Waals surface area (Å²) in [5.41, 5.74) is 0.520. The van der Waals surface area contributed by atoms with Gasteiger partial charge in [0.2, 0.25) is 0 Å². The molecule has 1 heterocycles. The molecule has 0 fully saturated rings. The van der Waals surface area contributed by atoms with Crippen LogP contribution in [0.3, 0.4) is 0 Å². The molecular formula is C13H10BrF3N2. The van der Waals surface area contributed by atoms with Gasteiger partial charge in [0.1, 0.15) is 0 Å². The maximum absolute atomic E-state index is 13.8. The van der Waals surface area contributed by atoms with E-state index in [0.29, 0.717) is 5.69 Å². The molecule has 6 heteroatoms. The molecule has 2 aromatic rings. The van der Waals surface area contributed by atoms with E-state index in [9.17, 15) is 13.2 Å². The van der Waals surface area contributed by atoms with Crippen molar-refractivity contribution in [3.63, 3.8) is 0 Å². The van der Waals surface area contributed by atoms with Crippen molar-refractivity contribution >= 4 is 15.9 Å². The number of pyridine rings is 1. The van der Waals surface area contributed by atoms with E-state index < -0.39 is 23.5 Å². The number of aromatic nitrogens is 1. The Morgan fingerprint density at radius 1 is 1.11 bits per heavy atom. The summed E-state index contributed by atoms with van der Waals surface area (Å²) in [5, 5.41) is 2.83. The van der Waals surface area contributed by atoms with Gasteiger partial charge in [-0.1, -0.05) is 6.07 Å². The number of nitrogens with zero attached hydrogens (tertiary/aromatic N) is 1. The fourth-order valence-electron chi connectivity index (χ4n) is 1.78. The van der Waals surface area contributed by atoms with Crippen LogP contribution in [0.15, 0.2) is 34.9 Å². The van der Waals surface area contributed by atoms with E-state index in [1.54, 1.807) is 25.4 Å². The maximum Gasteiger partial charge on any atom is 0.194 e. The van der Waals surface area contributed by atoms with Crippen LogP contribution in [-0.2, 0) is 0 Å². The van der Waals surface area contributed by atoms with E-state index in [2.05, 4.69) is 26.2 Å². The summed E-state index contributed by atoms with van der Waals surface area (Å²) in [6, 6.07) is 4.87. The van der Waals surface area contributed by atoms with Crippen molar-refractivity contribution in [1.29, 1.82) is 0 Å². The molecule has 0 bridgehead atoms. The van der Waals surface area contributed by atoms with Crippen LogP contribution in [0.25, 0.3) is 0 Å². The molecule has 2 nitrogen and oxygen atoms in total. The number of rotatable bonds is 3. The minimum absolute atomic E-state index is 0.0104. The highest BCUT2D eigenvalue weighted by molar-refractivity contribution is 9.10. The fraction of sp³-hybridized carbons (Fsp3) is 0.154.